The van der Waals surface area contributed by atoms with Gasteiger partial charge in [-0.2, -0.15) is 0 Å². The summed E-state index contributed by atoms with van der Waals surface area (Å²) in [6, 6.07) is 0.447. The highest BCUT2D eigenvalue weighted by Gasteiger charge is 2.33. The van der Waals surface area contributed by atoms with E-state index in [0.717, 1.165) is 32.8 Å². The van der Waals surface area contributed by atoms with Crippen molar-refractivity contribution in [1.29, 1.82) is 0 Å². The van der Waals surface area contributed by atoms with Gasteiger partial charge in [-0.15, -0.1) is 0 Å². The van der Waals surface area contributed by atoms with E-state index in [9.17, 15) is 0 Å². The van der Waals surface area contributed by atoms with Crippen molar-refractivity contribution in [3.8, 4) is 0 Å². The van der Waals surface area contributed by atoms with E-state index in [1.807, 2.05) is 0 Å². The van der Waals surface area contributed by atoms with Crippen molar-refractivity contribution in [2.45, 2.75) is 38.0 Å². The molecule has 2 bridgehead atoms. The maximum atomic E-state index is 5.81. The third-order valence-corrected chi connectivity index (χ3v) is 3.46. The van der Waals surface area contributed by atoms with Crippen LogP contribution >= 0.6 is 0 Å². The second-order valence-corrected chi connectivity index (χ2v) is 5.03. The van der Waals surface area contributed by atoms with E-state index in [1.54, 1.807) is 7.11 Å². The molecule has 0 aromatic rings. The Morgan fingerprint density at radius 2 is 2.06 bits per heavy atom. The smallest absolute Gasteiger partial charge is 0.0707 e. The molecule has 94 valence electrons. The van der Waals surface area contributed by atoms with Crippen LogP contribution in [0.15, 0.2) is 0 Å². The molecular formula is C12H24N2O2. The van der Waals surface area contributed by atoms with Gasteiger partial charge in [-0.25, -0.2) is 0 Å². The van der Waals surface area contributed by atoms with Gasteiger partial charge >= 0.3 is 0 Å². The first-order chi connectivity index (χ1) is 7.78. The number of nitrogens with zero attached hydrogens (tertiary/aromatic N) is 1. The van der Waals surface area contributed by atoms with Crippen LogP contribution in [0.4, 0.5) is 0 Å². The highest BCUT2D eigenvalue weighted by atomic mass is 16.5. The summed E-state index contributed by atoms with van der Waals surface area (Å²) in [7, 11) is 1.75. The van der Waals surface area contributed by atoms with Gasteiger partial charge in [-0.1, -0.05) is 0 Å². The van der Waals surface area contributed by atoms with Gasteiger partial charge in [0.2, 0.25) is 0 Å². The van der Waals surface area contributed by atoms with E-state index in [1.165, 1.54) is 12.8 Å². The van der Waals surface area contributed by atoms with Crippen molar-refractivity contribution in [3.63, 3.8) is 0 Å². The van der Waals surface area contributed by atoms with E-state index in [2.05, 4.69) is 17.1 Å². The minimum atomic E-state index is 0.447. The molecule has 2 saturated heterocycles. The average molecular weight is 228 g/mol. The fourth-order valence-corrected chi connectivity index (χ4v) is 2.66. The molecule has 1 N–H and O–H groups in total. The monoisotopic (exact) mass is 228 g/mol. The Morgan fingerprint density at radius 3 is 2.69 bits per heavy atom. The summed E-state index contributed by atoms with van der Waals surface area (Å²) in [6.07, 6.45) is 3.54. The summed E-state index contributed by atoms with van der Waals surface area (Å²) < 4.78 is 10.9. The first kappa shape index (κ1) is 12.3. The number of likely N-dealkylation sites (tertiary alicyclic amines) is 1. The zero-order chi connectivity index (χ0) is 11.4. The maximum absolute atomic E-state index is 5.81. The van der Waals surface area contributed by atoms with Gasteiger partial charge in [-0.3, -0.25) is 4.90 Å². The molecule has 0 aromatic heterocycles. The van der Waals surface area contributed by atoms with Crippen LogP contribution in [0.5, 0.6) is 0 Å². The Balaban J connectivity index is 1.60. The molecular weight excluding hydrogens is 204 g/mol. The van der Waals surface area contributed by atoms with Gasteiger partial charge in [0, 0.05) is 39.3 Å². The van der Waals surface area contributed by atoms with Crippen LogP contribution in [-0.2, 0) is 9.47 Å². The minimum Gasteiger partial charge on any atom is -0.383 e. The largest absolute Gasteiger partial charge is 0.383 e. The SMILES string of the molecule is COCC(C)NCCN1CC2CCC(C1)O2. The normalized spacial score (nSPS) is 31.9. The number of hydrogen-bond donors (Lipinski definition) is 1. The molecule has 2 heterocycles. The molecule has 3 unspecified atom stereocenters. The zero-order valence-corrected chi connectivity index (χ0v) is 10.4. The Labute approximate surface area is 98.3 Å². The molecule has 2 fully saturated rings. The van der Waals surface area contributed by atoms with Crippen LogP contribution in [-0.4, -0.2) is 63.0 Å². The van der Waals surface area contributed by atoms with Gasteiger partial charge in [0.15, 0.2) is 0 Å². The Morgan fingerprint density at radius 1 is 1.38 bits per heavy atom. The van der Waals surface area contributed by atoms with Crippen molar-refractivity contribution in [1.82, 2.24) is 10.2 Å². The van der Waals surface area contributed by atoms with Gasteiger partial charge in [0.25, 0.3) is 0 Å². The van der Waals surface area contributed by atoms with Crippen LogP contribution in [0.2, 0.25) is 0 Å². The molecule has 3 atom stereocenters. The van der Waals surface area contributed by atoms with Gasteiger partial charge in [0.1, 0.15) is 0 Å². The van der Waals surface area contributed by atoms with Gasteiger partial charge in [0.05, 0.1) is 18.8 Å². The first-order valence-electron chi connectivity index (χ1n) is 6.38. The van der Waals surface area contributed by atoms with E-state index < -0.39 is 0 Å². The van der Waals surface area contributed by atoms with E-state index >= 15 is 0 Å². The van der Waals surface area contributed by atoms with Crippen LogP contribution in [0, 0.1) is 0 Å². The molecule has 2 aliphatic rings. The van der Waals surface area contributed by atoms with E-state index in [4.69, 9.17) is 9.47 Å². The quantitative estimate of drug-likeness (QED) is 0.717. The van der Waals surface area contributed by atoms with Crippen molar-refractivity contribution in [3.05, 3.63) is 0 Å². The number of methoxy groups -OCH3 is 1. The highest BCUT2D eigenvalue weighted by molar-refractivity contribution is 4.84. The van der Waals surface area contributed by atoms with E-state index in [-0.39, 0.29) is 0 Å². The Kier molecular flexibility index (Phi) is 4.58. The molecule has 0 aliphatic carbocycles. The molecule has 4 heteroatoms. The summed E-state index contributed by atoms with van der Waals surface area (Å²) in [5, 5.41) is 3.47. The summed E-state index contributed by atoms with van der Waals surface area (Å²) in [5.74, 6) is 0. The number of nitrogens with one attached hydrogen (secondary N) is 1. The first-order valence-corrected chi connectivity index (χ1v) is 6.38. The lowest BCUT2D eigenvalue weighted by atomic mass is 10.2. The van der Waals surface area contributed by atoms with Crippen molar-refractivity contribution >= 4 is 0 Å². The molecule has 0 saturated carbocycles. The lowest BCUT2D eigenvalue weighted by Crippen LogP contribution is -2.46. The van der Waals surface area contributed by atoms with Crippen LogP contribution < -0.4 is 5.32 Å². The molecule has 0 radical (unpaired) electrons. The van der Waals surface area contributed by atoms with Gasteiger partial charge < -0.3 is 14.8 Å². The number of ether oxygens (including phenoxy) is 2. The lowest BCUT2D eigenvalue weighted by molar-refractivity contribution is -0.0379. The van der Waals surface area contributed by atoms with Crippen LogP contribution in [0.1, 0.15) is 19.8 Å². The van der Waals surface area contributed by atoms with Crippen molar-refractivity contribution in [2.24, 2.45) is 0 Å². The second-order valence-electron chi connectivity index (χ2n) is 5.03. The standard InChI is InChI=1S/C12H24N2O2/c1-10(9-15-2)13-5-6-14-7-11-3-4-12(8-14)16-11/h10-13H,3-9H2,1-2H3. The number of rotatable bonds is 6. The van der Waals surface area contributed by atoms with Crippen LogP contribution in [0.25, 0.3) is 0 Å². The van der Waals surface area contributed by atoms with Crippen LogP contribution in [0.3, 0.4) is 0 Å². The minimum absolute atomic E-state index is 0.447. The summed E-state index contributed by atoms with van der Waals surface area (Å²) >= 11 is 0. The summed E-state index contributed by atoms with van der Waals surface area (Å²) in [4.78, 5) is 2.53. The number of hydrogen-bond acceptors (Lipinski definition) is 4. The number of morpholine rings is 1. The van der Waals surface area contributed by atoms with Crippen molar-refractivity contribution < 1.29 is 9.47 Å². The summed E-state index contributed by atoms with van der Waals surface area (Å²) in [5.41, 5.74) is 0. The Bertz CT molecular complexity index is 201. The highest BCUT2D eigenvalue weighted by Crippen LogP contribution is 2.25. The molecule has 16 heavy (non-hydrogen) atoms. The van der Waals surface area contributed by atoms with Gasteiger partial charge in [-0.05, 0) is 19.8 Å². The molecule has 0 amide bonds. The maximum Gasteiger partial charge on any atom is 0.0707 e. The summed E-state index contributed by atoms with van der Waals surface area (Å²) in [6.45, 7) is 7.36. The third kappa shape index (κ3) is 3.42. The molecule has 2 rings (SSSR count). The Hall–Kier alpha value is -0.160. The molecule has 4 nitrogen and oxygen atoms in total. The third-order valence-electron chi connectivity index (χ3n) is 3.46. The zero-order valence-electron chi connectivity index (χ0n) is 10.4. The molecule has 2 aliphatic heterocycles. The van der Waals surface area contributed by atoms with E-state index in [0.29, 0.717) is 18.2 Å². The average Bonchev–Trinajstić information content (AvgIpc) is 2.59. The molecule has 0 aromatic carbocycles. The fourth-order valence-electron chi connectivity index (χ4n) is 2.66. The fraction of sp³-hybridized carbons (Fsp3) is 1.00. The number of fused-ring (bicyclic) bond motifs is 2. The topological polar surface area (TPSA) is 33.7 Å². The molecule has 0 spiro atoms. The van der Waals surface area contributed by atoms with Crippen molar-refractivity contribution in [2.75, 3.05) is 39.9 Å². The second kappa shape index (κ2) is 5.96. The predicted octanol–water partition coefficient (Wildman–Crippen LogP) is 0.474. The lowest BCUT2D eigenvalue weighted by Gasteiger charge is -2.32. The predicted molar refractivity (Wildman–Crippen MR) is 63.7 cm³/mol.